The van der Waals surface area contributed by atoms with E-state index in [4.69, 9.17) is 0 Å². The van der Waals surface area contributed by atoms with E-state index in [1.54, 1.807) is 0 Å². The zero-order valence-corrected chi connectivity index (χ0v) is 10.00. The van der Waals surface area contributed by atoms with E-state index in [2.05, 4.69) is 38.8 Å². The van der Waals surface area contributed by atoms with Gasteiger partial charge in [-0.3, -0.25) is 9.88 Å². The van der Waals surface area contributed by atoms with Crippen molar-refractivity contribution in [3.8, 4) is 0 Å². The van der Waals surface area contributed by atoms with Crippen LogP contribution >= 0.6 is 15.9 Å². The molecule has 0 spiro atoms. The minimum absolute atomic E-state index is 0.680. The van der Waals surface area contributed by atoms with E-state index in [1.165, 1.54) is 18.5 Å². The Bertz CT molecular complexity index is 314. The zero-order valence-electron chi connectivity index (χ0n) is 8.41. The molecule has 2 rings (SSSR count). The topological polar surface area (TPSA) is 16.1 Å². The molecule has 0 N–H and O–H groups in total. The molecule has 1 atom stereocenters. The first-order chi connectivity index (χ1) is 6.75. The fourth-order valence-electron chi connectivity index (χ4n) is 1.85. The van der Waals surface area contributed by atoms with Gasteiger partial charge < -0.3 is 0 Å². The van der Waals surface area contributed by atoms with Crippen molar-refractivity contribution in [1.82, 2.24) is 9.88 Å². The van der Waals surface area contributed by atoms with Crippen LogP contribution in [0.4, 0.5) is 0 Å². The molecule has 3 heteroatoms. The van der Waals surface area contributed by atoms with Crippen molar-refractivity contribution in [3.63, 3.8) is 0 Å². The van der Waals surface area contributed by atoms with E-state index >= 15 is 0 Å². The lowest BCUT2D eigenvalue weighted by Crippen LogP contribution is -2.20. The molecule has 0 bridgehead atoms. The Labute approximate surface area is 93.5 Å². The molecule has 76 valence electrons. The van der Waals surface area contributed by atoms with Gasteiger partial charge in [0, 0.05) is 29.8 Å². The van der Waals surface area contributed by atoms with Gasteiger partial charge in [-0.25, -0.2) is 0 Å². The Morgan fingerprint density at radius 2 is 2.50 bits per heavy atom. The molecule has 1 saturated heterocycles. The third-order valence-electron chi connectivity index (χ3n) is 2.73. The van der Waals surface area contributed by atoms with Crippen LogP contribution in [-0.4, -0.2) is 27.8 Å². The highest BCUT2D eigenvalue weighted by atomic mass is 79.9. The Balaban J connectivity index is 2.01. The van der Waals surface area contributed by atoms with Crippen LogP contribution < -0.4 is 0 Å². The van der Waals surface area contributed by atoms with Crippen LogP contribution in [-0.2, 0) is 6.54 Å². The second-order valence-electron chi connectivity index (χ2n) is 3.87. The zero-order chi connectivity index (χ0) is 9.97. The number of likely N-dealkylation sites (tertiary alicyclic amines) is 1. The molecule has 0 aromatic carbocycles. The maximum atomic E-state index is 4.30. The van der Waals surface area contributed by atoms with Crippen molar-refractivity contribution in [3.05, 3.63) is 29.6 Å². The monoisotopic (exact) mass is 254 g/mol. The van der Waals surface area contributed by atoms with E-state index in [0.29, 0.717) is 4.83 Å². The first-order valence-corrected chi connectivity index (χ1v) is 5.94. The van der Waals surface area contributed by atoms with Crippen LogP contribution in [0.25, 0.3) is 0 Å². The molecule has 1 aliphatic rings. The van der Waals surface area contributed by atoms with Crippen molar-refractivity contribution >= 4 is 15.9 Å². The Kier molecular flexibility index (Phi) is 3.19. The van der Waals surface area contributed by atoms with Crippen molar-refractivity contribution in [2.24, 2.45) is 0 Å². The van der Waals surface area contributed by atoms with Crippen LogP contribution in [0.5, 0.6) is 0 Å². The van der Waals surface area contributed by atoms with Gasteiger partial charge in [0.25, 0.3) is 0 Å². The van der Waals surface area contributed by atoms with Gasteiger partial charge in [-0.15, -0.1) is 0 Å². The summed E-state index contributed by atoms with van der Waals surface area (Å²) in [6.45, 7) is 5.48. The molecule has 1 aromatic heterocycles. The Morgan fingerprint density at radius 3 is 3.14 bits per heavy atom. The molecule has 0 saturated carbocycles. The molecule has 0 radical (unpaired) electrons. The minimum atomic E-state index is 0.680. The van der Waals surface area contributed by atoms with Gasteiger partial charge >= 0.3 is 0 Å². The van der Waals surface area contributed by atoms with Gasteiger partial charge in [-0.2, -0.15) is 0 Å². The number of halogens is 1. The van der Waals surface area contributed by atoms with E-state index in [0.717, 1.165) is 18.8 Å². The molecule has 2 heterocycles. The SMILES string of the molecule is Cc1ncccc1CN1CCC(Br)C1. The van der Waals surface area contributed by atoms with Gasteiger partial charge in [0.15, 0.2) is 0 Å². The Hall–Kier alpha value is -0.410. The number of aryl methyl sites for hydroxylation is 1. The fourth-order valence-corrected chi connectivity index (χ4v) is 2.47. The highest BCUT2D eigenvalue weighted by Crippen LogP contribution is 2.19. The van der Waals surface area contributed by atoms with E-state index in [1.807, 2.05) is 12.3 Å². The first kappa shape index (κ1) is 10.1. The van der Waals surface area contributed by atoms with Crippen LogP contribution in [0.2, 0.25) is 0 Å². The third-order valence-corrected chi connectivity index (χ3v) is 3.47. The van der Waals surface area contributed by atoms with Crippen LogP contribution in [0.1, 0.15) is 17.7 Å². The van der Waals surface area contributed by atoms with E-state index < -0.39 is 0 Å². The minimum Gasteiger partial charge on any atom is -0.298 e. The standard InChI is InChI=1S/C11H15BrN2/c1-9-10(3-2-5-13-9)7-14-6-4-11(12)8-14/h2-3,5,11H,4,6-8H2,1H3. The van der Waals surface area contributed by atoms with Crippen LogP contribution in [0.15, 0.2) is 18.3 Å². The molecule has 0 aliphatic carbocycles. The van der Waals surface area contributed by atoms with Crippen LogP contribution in [0, 0.1) is 6.92 Å². The summed E-state index contributed by atoms with van der Waals surface area (Å²) in [4.78, 5) is 7.46. The van der Waals surface area contributed by atoms with E-state index in [9.17, 15) is 0 Å². The normalized spacial score (nSPS) is 22.9. The highest BCUT2D eigenvalue weighted by Gasteiger charge is 2.20. The van der Waals surface area contributed by atoms with Gasteiger partial charge in [-0.1, -0.05) is 22.0 Å². The summed E-state index contributed by atoms with van der Waals surface area (Å²) in [5.74, 6) is 0. The lowest BCUT2D eigenvalue weighted by atomic mass is 10.2. The fraction of sp³-hybridized carbons (Fsp3) is 0.545. The predicted molar refractivity (Wildman–Crippen MR) is 61.6 cm³/mol. The van der Waals surface area contributed by atoms with Crippen LogP contribution in [0.3, 0.4) is 0 Å². The summed E-state index contributed by atoms with van der Waals surface area (Å²) < 4.78 is 0. The predicted octanol–water partition coefficient (Wildman–Crippen LogP) is 2.36. The number of rotatable bonds is 2. The molecule has 0 amide bonds. The van der Waals surface area contributed by atoms with Crippen molar-refractivity contribution < 1.29 is 0 Å². The summed E-state index contributed by atoms with van der Waals surface area (Å²) >= 11 is 3.65. The molecule has 1 unspecified atom stereocenters. The number of aromatic nitrogens is 1. The largest absolute Gasteiger partial charge is 0.298 e. The number of hydrogen-bond acceptors (Lipinski definition) is 2. The second kappa shape index (κ2) is 4.41. The van der Waals surface area contributed by atoms with Crippen molar-refractivity contribution in [2.75, 3.05) is 13.1 Å². The molecule has 2 nitrogen and oxygen atoms in total. The number of hydrogen-bond donors (Lipinski definition) is 0. The molecule has 14 heavy (non-hydrogen) atoms. The third kappa shape index (κ3) is 2.34. The summed E-state index contributed by atoms with van der Waals surface area (Å²) in [5.41, 5.74) is 2.51. The summed E-state index contributed by atoms with van der Waals surface area (Å²) in [7, 11) is 0. The quantitative estimate of drug-likeness (QED) is 0.754. The summed E-state index contributed by atoms with van der Waals surface area (Å²) in [5, 5.41) is 0. The average Bonchev–Trinajstić information content (AvgIpc) is 2.56. The van der Waals surface area contributed by atoms with Crippen molar-refractivity contribution in [1.29, 1.82) is 0 Å². The second-order valence-corrected chi connectivity index (χ2v) is 5.16. The first-order valence-electron chi connectivity index (χ1n) is 5.02. The number of alkyl halides is 1. The Morgan fingerprint density at radius 1 is 1.64 bits per heavy atom. The summed E-state index contributed by atoms with van der Waals surface area (Å²) in [6.07, 6.45) is 3.12. The lowest BCUT2D eigenvalue weighted by molar-refractivity contribution is 0.331. The molecule has 1 aliphatic heterocycles. The number of pyridine rings is 1. The molecular weight excluding hydrogens is 240 g/mol. The highest BCUT2D eigenvalue weighted by molar-refractivity contribution is 9.09. The molecular formula is C11H15BrN2. The van der Waals surface area contributed by atoms with E-state index in [-0.39, 0.29) is 0 Å². The molecule has 1 aromatic rings. The molecule has 1 fully saturated rings. The smallest absolute Gasteiger partial charge is 0.0417 e. The van der Waals surface area contributed by atoms with Crippen molar-refractivity contribution in [2.45, 2.75) is 24.7 Å². The average molecular weight is 255 g/mol. The van der Waals surface area contributed by atoms with Gasteiger partial charge in [-0.05, 0) is 31.5 Å². The van der Waals surface area contributed by atoms with Gasteiger partial charge in [0.1, 0.15) is 0 Å². The maximum Gasteiger partial charge on any atom is 0.0417 e. The van der Waals surface area contributed by atoms with Gasteiger partial charge in [0.2, 0.25) is 0 Å². The number of nitrogens with zero attached hydrogens (tertiary/aromatic N) is 2. The maximum absolute atomic E-state index is 4.30. The van der Waals surface area contributed by atoms with Gasteiger partial charge in [0.05, 0.1) is 0 Å². The summed E-state index contributed by atoms with van der Waals surface area (Å²) in [6, 6.07) is 4.19. The lowest BCUT2D eigenvalue weighted by Gasteiger charge is -2.15.